The van der Waals surface area contributed by atoms with E-state index in [2.05, 4.69) is 34.0 Å². The van der Waals surface area contributed by atoms with Gasteiger partial charge in [-0.25, -0.2) is 4.98 Å². The molecule has 0 unspecified atom stereocenters. The number of fused-ring (bicyclic) bond motifs is 1. The molecular formula is C27H22BrClN4O2. The average Bonchev–Trinajstić information content (AvgIpc) is 2.87. The summed E-state index contributed by atoms with van der Waals surface area (Å²) < 4.78 is 8.15. The summed E-state index contributed by atoms with van der Waals surface area (Å²) in [6, 6.07) is 20.1. The van der Waals surface area contributed by atoms with Gasteiger partial charge >= 0.3 is 0 Å². The van der Waals surface area contributed by atoms with Gasteiger partial charge in [0.2, 0.25) is 0 Å². The molecule has 0 fully saturated rings. The lowest BCUT2D eigenvalue weighted by Crippen LogP contribution is -2.22. The van der Waals surface area contributed by atoms with Crippen molar-refractivity contribution in [1.29, 1.82) is 5.26 Å². The Kier molecular flexibility index (Phi) is 7.96. The monoisotopic (exact) mass is 548 g/mol. The SMILES string of the molecule is CCCCc1nc2ccc(Br)cc2c(=O)n1N=Cc1cc(Cl)ccc1OCc1ccccc1C#N. The molecule has 0 bridgehead atoms. The summed E-state index contributed by atoms with van der Waals surface area (Å²) >= 11 is 9.67. The van der Waals surface area contributed by atoms with Crippen LogP contribution in [0, 0.1) is 11.3 Å². The van der Waals surface area contributed by atoms with Crippen molar-refractivity contribution in [3.05, 3.63) is 103 Å². The van der Waals surface area contributed by atoms with E-state index in [4.69, 9.17) is 21.3 Å². The maximum absolute atomic E-state index is 13.3. The fourth-order valence-corrected chi connectivity index (χ4v) is 4.13. The summed E-state index contributed by atoms with van der Waals surface area (Å²) in [6.07, 6.45) is 4.03. The van der Waals surface area contributed by atoms with Crippen LogP contribution in [-0.2, 0) is 13.0 Å². The number of benzene rings is 3. The third-order valence-electron chi connectivity index (χ3n) is 5.43. The molecule has 6 nitrogen and oxygen atoms in total. The zero-order valence-corrected chi connectivity index (χ0v) is 21.4. The molecule has 0 aliphatic heterocycles. The lowest BCUT2D eigenvalue weighted by Gasteiger charge is -2.12. The Labute approximate surface area is 216 Å². The minimum absolute atomic E-state index is 0.208. The van der Waals surface area contributed by atoms with E-state index in [0.717, 1.165) is 22.9 Å². The van der Waals surface area contributed by atoms with Crippen LogP contribution in [0.3, 0.4) is 0 Å². The van der Waals surface area contributed by atoms with Crippen molar-refractivity contribution in [2.45, 2.75) is 32.8 Å². The normalized spacial score (nSPS) is 11.1. The van der Waals surface area contributed by atoms with Crippen LogP contribution in [0.25, 0.3) is 10.9 Å². The highest BCUT2D eigenvalue weighted by atomic mass is 79.9. The number of halogens is 2. The molecule has 0 spiro atoms. The van der Waals surface area contributed by atoms with E-state index in [1.165, 1.54) is 4.68 Å². The van der Waals surface area contributed by atoms with Gasteiger partial charge in [-0.05, 0) is 48.9 Å². The molecule has 0 aliphatic carbocycles. The van der Waals surface area contributed by atoms with Crippen LogP contribution in [0.2, 0.25) is 5.02 Å². The van der Waals surface area contributed by atoms with Crippen LogP contribution in [0.5, 0.6) is 5.75 Å². The Morgan fingerprint density at radius 1 is 1.20 bits per heavy atom. The number of ether oxygens (including phenoxy) is 1. The number of aromatic nitrogens is 2. The van der Waals surface area contributed by atoms with Crippen molar-refractivity contribution in [3.8, 4) is 11.8 Å². The molecule has 0 saturated heterocycles. The van der Waals surface area contributed by atoms with Gasteiger partial charge in [-0.1, -0.05) is 59.1 Å². The standard InChI is InChI=1S/C27H22BrClN4O2/c1-2-3-8-26-32-24-11-9-21(28)14-23(24)27(34)33(26)31-16-20-13-22(29)10-12-25(20)35-17-19-7-5-4-6-18(19)15-30/h4-7,9-14,16H,2-3,8,17H2,1H3. The van der Waals surface area contributed by atoms with Crippen LogP contribution in [0.15, 0.2) is 75.0 Å². The van der Waals surface area contributed by atoms with Gasteiger partial charge in [0.15, 0.2) is 0 Å². The number of nitrogens with zero attached hydrogens (tertiary/aromatic N) is 4. The van der Waals surface area contributed by atoms with Crippen molar-refractivity contribution >= 4 is 44.6 Å². The summed E-state index contributed by atoms with van der Waals surface area (Å²) in [5.74, 6) is 1.13. The van der Waals surface area contributed by atoms with Crippen molar-refractivity contribution in [2.75, 3.05) is 0 Å². The largest absolute Gasteiger partial charge is 0.488 e. The maximum atomic E-state index is 13.3. The molecule has 0 amide bonds. The van der Waals surface area contributed by atoms with Crippen molar-refractivity contribution in [3.63, 3.8) is 0 Å². The number of nitriles is 1. The molecule has 0 N–H and O–H groups in total. The molecule has 0 aliphatic rings. The number of unbranched alkanes of at least 4 members (excludes halogenated alkanes) is 1. The second-order valence-corrected chi connectivity index (χ2v) is 9.25. The van der Waals surface area contributed by atoms with Gasteiger partial charge in [-0.3, -0.25) is 4.79 Å². The highest BCUT2D eigenvalue weighted by Crippen LogP contribution is 2.23. The second kappa shape index (κ2) is 11.3. The number of hydrogen-bond acceptors (Lipinski definition) is 5. The molecule has 1 aromatic heterocycles. The Bertz CT molecular complexity index is 1510. The molecule has 1 heterocycles. The number of rotatable bonds is 8. The van der Waals surface area contributed by atoms with Crippen LogP contribution >= 0.6 is 27.5 Å². The molecule has 3 aromatic carbocycles. The Hall–Kier alpha value is -3.47. The Morgan fingerprint density at radius 3 is 2.83 bits per heavy atom. The van der Waals surface area contributed by atoms with E-state index >= 15 is 0 Å². The van der Waals surface area contributed by atoms with Gasteiger partial charge in [0.1, 0.15) is 18.2 Å². The van der Waals surface area contributed by atoms with E-state index in [0.29, 0.717) is 45.0 Å². The summed E-state index contributed by atoms with van der Waals surface area (Å²) in [6.45, 7) is 2.30. The topological polar surface area (TPSA) is 80.3 Å². The van der Waals surface area contributed by atoms with Gasteiger partial charge in [-0.15, -0.1) is 0 Å². The molecule has 176 valence electrons. The van der Waals surface area contributed by atoms with Crippen LogP contribution in [-0.4, -0.2) is 15.9 Å². The highest BCUT2D eigenvalue weighted by molar-refractivity contribution is 9.10. The molecule has 35 heavy (non-hydrogen) atoms. The van der Waals surface area contributed by atoms with Crippen LogP contribution in [0.4, 0.5) is 0 Å². The maximum Gasteiger partial charge on any atom is 0.282 e. The smallest absolute Gasteiger partial charge is 0.282 e. The lowest BCUT2D eigenvalue weighted by molar-refractivity contribution is 0.305. The molecular weight excluding hydrogens is 528 g/mol. The predicted molar refractivity (Wildman–Crippen MR) is 142 cm³/mol. The summed E-state index contributed by atoms with van der Waals surface area (Å²) in [5.41, 5.74) is 2.33. The minimum atomic E-state index is -0.244. The van der Waals surface area contributed by atoms with Crippen molar-refractivity contribution in [1.82, 2.24) is 9.66 Å². The fourth-order valence-electron chi connectivity index (χ4n) is 3.59. The van der Waals surface area contributed by atoms with Gasteiger partial charge in [0, 0.05) is 27.0 Å². The minimum Gasteiger partial charge on any atom is -0.488 e. The number of hydrogen-bond donors (Lipinski definition) is 0. The molecule has 0 radical (unpaired) electrons. The highest BCUT2D eigenvalue weighted by Gasteiger charge is 2.12. The summed E-state index contributed by atoms with van der Waals surface area (Å²) in [5, 5.41) is 14.8. The molecule has 8 heteroatoms. The third-order valence-corrected chi connectivity index (χ3v) is 6.16. The quantitative estimate of drug-likeness (QED) is 0.235. The lowest BCUT2D eigenvalue weighted by atomic mass is 10.1. The van der Waals surface area contributed by atoms with Gasteiger partial charge in [0.05, 0.1) is 28.8 Å². The van der Waals surface area contributed by atoms with E-state index in [9.17, 15) is 10.1 Å². The molecule has 4 rings (SSSR count). The summed E-state index contributed by atoms with van der Waals surface area (Å²) in [7, 11) is 0. The summed E-state index contributed by atoms with van der Waals surface area (Å²) in [4.78, 5) is 18.0. The first-order valence-electron chi connectivity index (χ1n) is 11.2. The molecule has 0 atom stereocenters. The van der Waals surface area contributed by atoms with E-state index < -0.39 is 0 Å². The zero-order chi connectivity index (χ0) is 24.8. The van der Waals surface area contributed by atoms with Gasteiger partial charge in [0.25, 0.3) is 5.56 Å². The first-order chi connectivity index (χ1) is 17.0. The third kappa shape index (κ3) is 5.79. The number of aryl methyl sites for hydroxylation is 1. The first-order valence-corrected chi connectivity index (χ1v) is 12.3. The van der Waals surface area contributed by atoms with Gasteiger partial charge < -0.3 is 4.74 Å². The van der Waals surface area contributed by atoms with E-state index in [-0.39, 0.29) is 12.2 Å². The average molecular weight is 550 g/mol. The van der Waals surface area contributed by atoms with Crippen LogP contribution < -0.4 is 10.3 Å². The Balaban J connectivity index is 1.72. The van der Waals surface area contributed by atoms with Gasteiger partial charge in [-0.2, -0.15) is 15.0 Å². The fraction of sp³-hybridized carbons (Fsp3) is 0.185. The molecule has 4 aromatic rings. The molecule has 0 saturated carbocycles. The van der Waals surface area contributed by atoms with Crippen molar-refractivity contribution < 1.29 is 4.74 Å². The first kappa shape index (κ1) is 24.6. The second-order valence-electron chi connectivity index (χ2n) is 7.89. The zero-order valence-electron chi connectivity index (χ0n) is 19.0. The van der Waals surface area contributed by atoms with E-state index in [1.54, 1.807) is 36.5 Å². The van der Waals surface area contributed by atoms with Crippen molar-refractivity contribution in [2.24, 2.45) is 5.10 Å². The van der Waals surface area contributed by atoms with E-state index in [1.807, 2.05) is 30.3 Å². The van der Waals surface area contributed by atoms with Crippen LogP contribution in [0.1, 0.15) is 42.3 Å². The Morgan fingerprint density at radius 2 is 2.03 bits per heavy atom. The predicted octanol–water partition coefficient (Wildman–Crippen LogP) is 6.49.